The van der Waals surface area contributed by atoms with Crippen molar-refractivity contribution in [1.29, 1.82) is 0 Å². The van der Waals surface area contributed by atoms with Gasteiger partial charge >= 0.3 is 6.03 Å². The molecule has 0 bridgehead atoms. The lowest BCUT2D eigenvalue weighted by atomic mass is 9.92. The van der Waals surface area contributed by atoms with Crippen LogP contribution in [0.15, 0.2) is 46.9 Å². The van der Waals surface area contributed by atoms with E-state index in [4.69, 9.17) is 9.47 Å². The van der Waals surface area contributed by atoms with Crippen LogP contribution in [0.2, 0.25) is 0 Å². The highest BCUT2D eigenvalue weighted by atomic mass is 79.9. The van der Waals surface area contributed by atoms with Gasteiger partial charge in [0.15, 0.2) is 11.5 Å². The molecule has 9 heteroatoms. The summed E-state index contributed by atoms with van der Waals surface area (Å²) in [6.07, 6.45) is 0. The molecule has 2 N–H and O–H groups in total. The minimum absolute atomic E-state index is 0.128. The number of carbonyl (C=O) groups excluding carboxylic acids is 3. The molecule has 0 unspecified atom stereocenters. The van der Waals surface area contributed by atoms with Crippen LogP contribution >= 0.6 is 15.9 Å². The molecule has 1 saturated heterocycles. The van der Waals surface area contributed by atoms with Gasteiger partial charge in [-0.15, -0.1) is 0 Å². The van der Waals surface area contributed by atoms with Crippen LogP contribution < -0.4 is 20.1 Å². The third-order valence-corrected chi connectivity index (χ3v) is 5.13. The lowest BCUT2D eigenvalue weighted by Gasteiger charge is -2.22. The number of carbonyl (C=O) groups is 3. The molecule has 2 aromatic rings. The predicted octanol–water partition coefficient (Wildman–Crippen LogP) is 2.58. The maximum atomic E-state index is 12.9. The van der Waals surface area contributed by atoms with Gasteiger partial charge in [0.2, 0.25) is 12.7 Å². The van der Waals surface area contributed by atoms with Crippen LogP contribution in [0.5, 0.6) is 11.5 Å². The Bertz CT molecular complexity index is 995. The molecular formula is C19H16BrN3O5. The number of nitrogens with zero attached hydrogens (tertiary/aromatic N) is 1. The quantitative estimate of drug-likeness (QED) is 0.704. The Morgan fingerprint density at radius 3 is 2.79 bits per heavy atom. The molecule has 2 aliphatic rings. The molecule has 1 fully saturated rings. The van der Waals surface area contributed by atoms with Crippen molar-refractivity contribution in [2.75, 3.05) is 18.7 Å². The molecule has 0 saturated carbocycles. The summed E-state index contributed by atoms with van der Waals surface area (Å²) in [6, 6.07) is 11.4. The van der Waals surface area contributed by atoms with E-state index in [1.807, 2.05) is 6.07 Å². The number of hydrogen-bond acceptors (Lipinski definition) is 5. The van der Waals surface area contributed by atoms with E-state index in [-0.39, 0.29) is 6.79 Å². The van der Waals surface area contributed by atoms with Gasteiger partial charge in [-0.25, -0.2) is 4.79 Å². The molecule has 0 aliphatic carbocycles. The second-order valence-corrected chi connectivity index (χ2v) is 7.49. The van der Waals surface area contributed by atoms with Gasteiger partial charge in [-0.2, -0.15) is 0 Å². The van der Waals surface area contributed by atoms with Gasteiger partial charge in [0.25, 0.3) is 5.91 Å². The first kappa shape index (κ1) is 18.3. The summed E-state index contributed by atoms with van der Waals surface area (Å²) in [5.74, 6) is 0.129. The van der Waals surface area contributed by atoms with Crippen molar-refractivity contribution in [3.63, 3.8) is 0 Å². The Hall–Kier alpha value is -3.07. The van der Waals surface area contributed by atoms with Crippen LogP contribution in [0.1, 0.15) is 12.5 Å². The molecule has 8 nitrogen and oxygen atoms in total. The van der Waals surface area contributed by atoms with Crippen molar-refractivity contribution < 1.29 is 23.9 Å². The standard InChI is InChI=1S/C19H16BrN3O5/c1-19(11-3-2-4-12(20)7-11)17(25)23(18(26)22-19)9-16(24)21-13-5-6-14-15(8-13)28-10-27-14/h2-8H,9-10H2,1H3,(H,21,24)(H,22,26)/t19-/m0/s1. The third-order valence-electron chi connectivity index (χ3n) is 4.63. The summed E-state index contributed by atoms with van der Waals surface area (Å²) < 4.78 is 11.3. The van der Waals surface area contributed by atoms with E-state index in [1.165, 1.54) is 0 Å². The molecule has 0 radical (unpaired) electrons. The van der Waals surface area contributed by atoms with Crippen LogP contribution in [-0.2, 0) is 15.1 Å². The fraction of sp³-hybridized carbons (Fsp3) is 0.211. The molecule has 28 heavy (non-hydrogen) atoms. The maximum Gasteiger partial charge on any atom is 0.325 e. The van der Waals surface area contributed by atoms with E-state index >= 15 is 0 Å². The first-order valence-corrected chi connectivity index (χ1v) is 9.26. The average Bonchev–Trinajstić information content (AvgIpc) is 3.20. The zero-order chi connectivity index (χ0) is 19.9. The smallest absolute Gasteiger partial charge is 0.325 e. The highest BCUT2D eigenvalue weighted by Gasteiger charge is 2.49. The van der Waals surface area contributed by atoms with E-state index in [0.29, 0.717) is 22.7 Å². The number of imide groups is 1. The van der Waals surface area contributed by atoms with Crippen LogP contribution in [0.3, 0.4) is 0 Å². The van der Waals surface area contributed by atoms with Crippen LogP contribution in [0, 0.1) is 0 Å². The summed E-state index contributed by atoms with van der Waals surface area (Å²) in [4.78, 5) is 38.6. The third kappa shape index (κ3) is 3.18. The lowest BCUT2D eigenvalue weighted by Crippen LogP contribution is -2.42. The van der Waals surface area contributed by atoms with Gasteiger partial charge in [-0.1, -0.05) is 28.1 Å². The average molecular weight is 446 g/mol. The number of anilines is 1. The molecule has 144 valence electrons. The normalized spacial score (nSPS) is 20.3. The number of rotatable bonds is 4. The topological polar surface area (TPSA) is 97.0 Å². The van der Waals surface area contributed by atoms with Crippen molar-refractivity contribution in [3.8, 4) is 11.5 Å². The van der Waals surface area contributed by atoms with Crippen LogP contribution in [0.4, 0.5) is 10.5 Å². The minimum atomic E-state index is -1.24. The number of ether oxygens (including phenoxy) is 2. The SMILES string of the molecule is C[C@@]1(c2cccc(Br)c2)NC(=O)N(CC(=O)Nc2ccc3c(c2)OCO3)C1=O. The van der Waals surface area contributed by atoms with E-state index in [0.717, 1.165) is 9.37 Å². The Labute approximate surface area is 168 Å². The number of nitrogens with one attached hydrogen (secondary N) is 2. The summed E-state index contributed by atoms with van der Waals surface area (Å²) in [7, 11) is 0. The Morgan fingerprint density at radius 2 is 2.00 bits per heavy atom. The highest BCUT2D eigenvalue weighted by Crippen LogP contribution is 2.34. The van der Waals surface area contributed by atoms with Crippen molar-refractivity contribution in [2.45, 2.75) is 12.5 Å². The minimum Gasteiger partial charge on any atom is -0.454 e. The first-order chi connectivity index (χ1) is 13.4. The molecule has 0 spiro atoms. The number of fused-ring (bicyclic) bond motifs is 1. The van der Waals surface area contributed by atoms with Gasteiger partial charge in [-0.3, -0.25) is 14.5 Å². The number of hydrogen-bond donors (Lipinski definition) is 2. The zero-order valence-electron chi connectivity index (χ0n) is 14.8. The van der Waals surface area contributed by atoms with Crippen molar-refractivity contribution in [1.82, 2.24) is 10.2 Å². The molecule has 0 aromatic heterocycles. The fourth-order valence-electron chi connectivity index (χ4n) is 3.15. The molecule has 4 rings (SSSR count). The van der Waals surface area contributed by atoms with E-state index in [2.05, 4.69) is 26.6 Å². The second kappa shape index (κ2) is 6.83. The summed E-state index contributed by atoms with van der Waals surface area (Å²) >= 11 is 3.36. The fourth-order valence-corrected chi connectivity index (χ4v) is 3.55. The number of halogens is 1. The van der Waals surface area contributed by atoms with Crippen molar-refractivity contribution in [3.05, 3.63) is 52.5 Å². The zero-order valence-corrected chi connectivity index (χ0v) is 16.4. The van der Waals surface area contributed by atoms with Gasteiger partial charge < -0.3 is 20.1 Å². The largest absolute Gasteiger partial charge is 0.454 e. The lowest BCUT2D eigenvalue weighted by molar-refractivity contribution is -0.133. The molecule has 2 aliphatic heterocycles. The van der Waals surface area contributed by atoms with E-state index in [1.54, 1.807) is 43.3 Å². The van der Waals surface area contributed by atoms with E-state index < -0.39 is 29.9 Å². The Kier molecular flexibility index (Phi) is 4.46. The number of urea groups is 1. The highest BCUT2D eigenvalue weighted by molar-refractivity contribution is 9.10. The van der Waals surface area contributed by atoms with Crippen molar-refractivity contribution in [2.24, 2.45) is 0 Å². The summed E-state index contributed by atoms with van der Waals surface area (Å²) in [5.41, 5.74) is -0.130. The van der Waals surface area contributed by atoms with E-state index in [9.17, 15) is 14.4 Å². The Morgan fingerprint density at radius 1 is 1.21 bits per heavy atom. The van der Waals surface area contributed by atoms with Gasteiger partial charge in [0.1, 0.15) is 12.1 Å². The summed E-state index contributed by atoms with van der Waals surface area (Å²) in [6.45, 7) is 1.34. The molecular weight excluding hydrogens is 430 g/mol. The predicted molar refractivity (Wildman–Crippen MR) is 103 cm³/mol. The van der Waals surface area contributed by atoms with Gasteiger partial charge in [-0.05, 0) is 36.8 Å². The molecule has 2 aromatic carbocycles. The van der Waals surface area contributed by atoms with Crippen LogP contribution in [-0.4, -0.2) is 36.1 Å². The Balaban J connectivity index is 1.48. The molecule has 4 amide bonds. The maximum absolute atomic E-state index is 12.9. The number of benzene rings is 2. The molecule has 1 atom stereocenters. The second-order valence-electron chi connectivity index (χ2n) is 6.57. The molecule has 2 heterocycles. The number of amides is 4. The van der Waals surface area contributed by atoms with Crippen LogP contribution in [0.25, 0.3) is 0 Å². The first-order valence-electron chi connectivity index (χ1n) is 8.46. The van der Waals surface area contributed by atoms with Crippen molar-refractivity contribution >= 4 is 39.5 Å². The monoisotopic (exact) mass is 445 g/mol. The van der Waals surface area contributed by atoms with Gasteiger partial charge in [0.05, 0.1) is 0 Å². The summed E-state index contributed by atoms with van der Waals surface area (Å²) in [5, 5.41) is 5.34. The van der Waals surface area contributed by atoms with Gasteiger partial charge in [0, 0.05) is 16.2 Å².